The standard InChI is InChI=1S/C11H22N2O4/c1-8(2)9(5-7-14)13-11(17)12-6-3-4-10(15)16/h8-9,14H,3-7H2,1-2H3,(H,15,16)(H2,12,13,17). The molecular weight excluding hydrogens is 224 g/mol. The smallest absolute Gasteiger partial charge is 0.315 e. The van der Waals surface area contributed by atoms with Crippen molar-refractivity contribution in [2.24, 2.45) is 5.92 Å². The van der Waals surface area contributed by atoms with Gasteiger partial charge in [0.15, 0.2) is 0 Å². The van der Waals surface area contributed by atoms with Crippen LogP contribution in [0.1, 0.15) is 33.1 Å². The molecule has 0 aromatic rings. The summed E-state index contributed by atoms with van der Waals surface area (Å²) in [5.74, 6) is -0.625. The van der Waals surface area contributed by atoms with Crippen LogP contribution in [-0.4, -0.2) is 41.4 Å². The molecule has 0 bridgehead atoms. The van der Waals surface area contributed by atoms with Crippen LogP contribution in [0.3, 0.4) is 0 Å². The summed E-state index contributed by atoms with van der Waals surface area (Å²) in [6, 6.07) is -0.387. The van der Waals surface area contributed by atoms with Crippen molar-refractivity contribution in [1.29, 1.82) is 0 Å². The molecule has 1 atom stereocenters. The first-order valence-electron chi connectivity index (χ1n) is 5.84. The Hall–Kier alpha value is -1.30. The number of carboxylic acids is 1. The molecule has 0 aromatic heterocycles. The Morgan fingerprint density at radius 2 is 1.94 bits per heavy atom. The van der Waals surface area contributed by atoms with Crippen molar-refractivity contribution in [3.63, 3.8) is 0 Å². The highest BCUT2D eigenvalue weighted by molar-refractivity contribution is 5.74. The lowest BCUT2D eigenvalue weighted by molar-refractivity contribution is -0.137. The summed E-state index contributed by atoms with van der Waals surface area (Å²) in [6.45, 7) is 4.29. The summed E-state index contributed by atoms with van der Waals surface area (Å²) in [7, 11) is 0. The second-order valence-electron chi connectivity index (χ2n) is 4.26. The average molecular weight is 246 g/mol. The van der Waals surface area contributed by atoms with Crippen molar-refractivity contribution in [3.8, 4) is 0 Å². The van der Waals surface area contributed by atoms with E-state index in [2.05, 4.69) is 10.6 Å². The van der Waals surface area contributed by atoms with Crippen LogP contribution < -0.4 is 10.6 Å². The predicted octanol–water partition coefficient (Wildman–Crippen LogP) is 0.557. The third-order valence-corrected chi connectivity index (χ3v) is 2.41. The van der Waals surface area contributed by atoms with Crippen molar-refractivity contribution in [2.75, 3.05) is 13.2 Å². The van der Waals surface area contributed by atoms with Gasteiger partial charge in [0.25, 0.3) is 0 Å². The zero-order valence-electron chi connectivity index (χ0n) is 10.4. The number of hydrogen-bond donors (Lipinski definition) is 4. The number of hydrogen-bond acceptors (Lipinski definition) is 3. The van der Waals surface area contributed by atoms with Crippen LogP contribution in [0.25, 0.3) is 0 Å². The van der Waals surface area contributed by atoms with Crippen LogP contribution in [0.2, 0.25) is 0 Å². The summed E-state index contributed by atoms with van der Waals surface area (Å²) in [6.07, 6.45) is 0.972. The molecule has 0 saturated carbocycles. The Kier molecular flexibility index (Phi) is 8.13. The van der Waals surface area contributed by atoms with Gasteiger partial charge in [-0.2, -0.15) is 0 Å². The van der Waals surface area contributed by atoms with E-state index in [1.54, 1.807) is 0 Å². The van der Waals surface area contributed by atoms with Crippen LogP contribution in [0.5, 0.6) is 0 Å². The third kappa shape index (κ3) is 8.50. The molecule has 0 rings (SSSR count). The fourth-order valence-electron chi connectivity index (χ4n) is 1.37. The number of aliphatic carboxylic acids is 1. The summed E-state index contributed by atoms with van der Waals surface area (Å²) < 4.78 is 0. The van der Waals surface area contributed by atoms with Gasteiger partial charge in [-0.1, -0.05) is 13.8 Å². The van der Waals surface area contributed by atoms with Gasteiger partial charge < -0.3 is 20.8 Å². The summed E-state index contributed by atoms with van der Waals surface area (Å²) >= 11 is 0. The predicted molar refractivity (Wildman–Crippen MR) is 63.7 cm³/mol. The van der Waals surface area contributed by atoms with Crippen LogP contribution in [-0.2, 0) is 4.79 Å². The fraction of sp³-hybridized carbons (Fsp3) is 0.818. The number of urea groups is 1. The molecule has 100 valence electrons. The zero-order valence-corrected chi connectivity index (χ0v) is 10.4. The number of rotatable bonds is 8. The molecule has 4 N–H and O–H groups in total. The van der Waals surface area contributed by atoms with Crippen molar-refractivity contribution in [2.45, 2.75) is 39.2 Å². The van der Waals surface area contributed by atoms with Gasteiger partial charge in [-0.3, -0.25) is 4.79 Å². The number of aliphatic hydroxyl groups excluding tert-OH is 1. The lowest BCUT2D eigenvalue weighted by Gasteiger charge is -2.21. The second kappa shape index (κ2) is 8.81. The molecule has 6 heteroatoms. The molecular formula is C11H22N2O4. The minimum absolute atomic E-state index is 0.0299. The molecule has 0 spiro atoms. The highest BCUT2D eigenvalue weighted by Gasteiger charge is 2.14. The minimum atomic E-state index is -0.868. The van der Waals surface area contributed by atoms with Crippen LogP contribution in [0.15, 0.2) is 0 Å². The molecule has 6 nitrogen and oxygen atoms in total. The molecule has 17 heavy (non-hydrogen) atoms. The van der Waals surface area contributed by atoms with Gasteiger partial charge in [-0.15, -0.1) is 0 Å². The molecule has 0 aliphatic carbocycles. The Labute approximate surface area is 101 Å². The van der Waals surface area contributed by atoms with Crippen molar-refractivity contribution < 1.29 is 19.8 Å². The molecule has 0 aliphatic rings. The van der Waals surface area contributed by atoms with E-state index in [0.29, 0.717) is 19.4 Å². The van der Waals surface area contributed by atoms with E-state index in [1.807, 2.05) is 13.8 Å². The van der Waals surface area contributed by atoms with Crippen molar-refractivity contribution in [1.82, 2.24) is 10.6 Å². The largest absolute Gasteiger partial charge is 0.481 e. The van der Waals surface area contributed by atoms with Gasteiger partial charge in [0.05, 0.1) is 0 Å². The van der Waals surface area contributed by atoms with Gasteiger partial charge in [0.2, 0.25) is 0 Å². The minimum Gasteiger partial charge on any atom is -0.481 e. The third-order valence-electron chi connectivity index (χ3n) is 2.41. The Balaban J connectivity index is 3.78. The Morgan fingerprint density at radius 3 is 2.41 bits per heavy atom. The monoisotopic (exact) mass is 246 g/mol. The van der Waals surface area contributed by atoms with Gasteiger partial charge in [0.1, 0.15) is 0 Å². The second-order valence-corrected chi connectivity index (χ2v) is 4.26. The molecule has 1 unspecified atom stereocenters. The number of amides is 2. The van der Waals surface area contributed by atoms with Crippen molar-refractivity contribution in [3.05, 3.63) is 0 Å². The first-order chi connectivity index (χ1) is 7.97. The van der Waals surface area contributed by atoms with E-state index in [1.165, 1.54) is 0 Å². The van der Waals surface area contributed by atoms with E-state index in [4.69, 9.17) is 10.2 Å². The van der Waals surface area contributed by atoms with E-state index in [9.17, 15) is 9.59 Å². The number of aliphatic hydroxyl groups is 1. The SMILES string of the molecule is CC(C)C(CCO)NC(=O)NCCCC(=O)O. The first kappa shape index (κ1) is 15.7. The van der Waals surface area contributed by atoms with Gasteiger partial charge >= 0.3 is 12.0 Å². The Bertz CT molecular complexity index is 244. The van der Waals surface area contributed by atoms with Gasteiger partial charge in [-0.05, 0) is 18.8 Å². The number of nitrogens with one attached hydrogen (secondary N) is 2. The number of carbonyl (C=O) groups excluding carboxylic acids is 1. The van der Waals surface area contributed by atoms with Gasteiger partial charge in [-0.25, -0.2) is 4.79 Å². The highest BCUT2D eigenvalue weighted by Crippen LogP contribution is 2.04. The maximum absolute atomic E-state index is 11.4. The molecule has 0 fully saturated rings. The molecule has 0 radical (unpaired) electrons. The summed E-state index contributed by atoms with van der Waals surface area (Å²) in [5.41, 5.74) is 0. The summed E-state index contributed by atoms with van der Waals surface area (Å²) in [4.78, 5) is 21.7. The maximum atomic E-state index is 11.4. The summed E-state index contributed by atoms with van der Waals surface area (Å²) in [5, 5.41) is 22.6. The zero-order chi connectivity index (χ0) is 13.3. The molecule has 0 saturated heterocycles. The molecule has 0 aromatic carbocycles. The first-order valence-corrected chi connectivity index (χ1v) is 5.84. The fourth-order valence-corrected chi connectivity index (χ4v) is 1.37. The molecule has 2 amide bonds. The molecule has 0 aliphatic heterocycles. The van der Waals surface area contributed by atoms with E-state index in [-0.39, 0.29) is 31.0 Å². The number of carbonyl (C=O) groups is 2. The van der Waals surface area contributed by atoms with E-state index >= 15 is 0 Å². The lowest BCUT2D eigenvalue weighted by Crippen LogP contribution is -2.45. The molecule has 0 heterocycles. The lowest BCUT2D eigenvalue weighted by atomic mass is 10.0. The average Bonchev–Trinajstić information content (AvgIpc) is 2.23. The topological polar surface area (TPSA) is 98.7 Å². The highest BCUT2D eigenvalue weighted by atomic mass is 16.4. The van der Waals surface area contributed by atoms with Crippen LogP contribution >= 0.6 is 0 Å². The van der Waals surface area contributed by atoms with Crippen LogP contribution in [0.4, 0.5) is 4.79 Å². The van der Waals surface area contributed by atoms with E-state index < -0.39 is 5.97 Å². The van der Waals surface area contributed by atoms with E-state index in [0.717, 1.165) is 0 Å². The normalized spacial score (nSPS) is 12.2. The Morgan fingerprint density at radius 1 is 1.29 bits per heavy atom. The quantitative estimate of drug-likeness (QED) is 0.470. The number of carboxylic acid groups (broad SMARTS) is 1. The van der Waals surface area contributed by atoms with Crippen LogP contribution in [0, 0.1) is 5.92 Å². The van der Waals surface area contributed by atoms with Gasteiger partial charge in [0, 0.05) is 25.6 Å². The maximum Gasteiger partial charge on any atom is 0.315 e. The van der Waals surface area contributed by atoms with Crippen molar-refractivity contribution >= 4 is 12.0 Å².